The van der Waals surface area contributed by atoms with E-state index in [2.05, 4.69) is 44.9 Å². The number of rotatable bonds is 11. The average molecular weight is 311 g/mol. The standard InChI is InChI=1S/C18H34N2S/c1-6-8-10-18(7-2,13-19-12-15(3)4)11-9-17-16(5)20-14-21-17/h14-15,19H,6-13H2,1-5H3. The molecule has 1 aromatic heterocycles. The predicted octanol–water partition coefficient (Wildman–Crippen LogP) is 5.22. The third-order valence-corrected chi connectivity index (χ3v) is 5.59. The first-order valence-corrected chi connectivity index (χ1v) is 9.50. The van der Waals surface area contributed by atoms with Gasteiger partial charge in [-0.05, 0) is 50.5 Å². The number of hydrogen-bond donors (Lipinski definition) is 1. The Hall–Kier alpha value is -0.410. The molecule has 1 atom stereocenters. The first-order chi connectivity index (χ1) is 10.0. The highest BCUT2D eigenvalue weighted by Crippen LogP contribution is 2.34. The minimum absolute atomic E-state index is 0.460. The van der Waals surface area contributed by atoms with E-state index in [-0.39, 0.29) is 0 Å². The molecule has 0 spiro atoms. The summed E-state index contributed by atoms with van der Waals surface area (Å²) in [6.07, 6.45) is 7.75. The van der Waals surface area contributed by atoms with Crippen molar-refractivity contribution in [1.29, 1.82) is 0 Å². The Morgan fingerprint density at radius 1 is 1.29 bits per heavy atom. The van der Waals surface area contributed by atoms with Gasteiger partial charge < -0.3 is 5.32 Å². The van der Waals surface area contributed by atoms with Gasteiger partial charge in [0.2, 0.25) is 0 Å². The molecule has 0 aromatic carbocycles. The highest BCUT2D eigenvalue weighted by Gasteiger charge is 2.27. The average Bonchev–Trinajstić information content (AvgIpc) is 2.87. The molecule has 1 N–H and O–H groups in total. The minimum Gasteiger partial charge on any atom is -0.316 e. The fourth-order valence-corrected chi connectivity index (χ4v) is 3.68. The van der Waals surface area contributed by atoms with Crippen molar-refractivity contribution in [2.45, 2.75) is 73.1 Å². The van der Waals surface area contributed by atoms with Crippen LogP contribution in [0.2, 0.25) is 0 Å². The van der Waals surface area contributed by atoms with Crippen molar-refractivity contribution < 1.29 is 0 Å². The van der Waals surface area contributed by atoms with Gasteiger partial charge in [0, 0.05) is 11.4 Å². The molecule has 0 amide bonds. The molecule has 21 heavy (non-hydrogen) atoms. The number of hydrogen-bond acceptors (Lipinski definition) is 3. The van der Waals surface area contributed by atoms with E-state index >= 15 is 0 Å². The summed E-state index contributed by atoms with van der Waals surface area (Å²) in [6.45, 7) is 13.7. The van der Waals surface area contributed by atoms with Crippen LogP contribution >= 0.6 is 11.3 Å². The number of thiazole rings is 1. The summed E-state index contributed by atoms with van der Waals surface area (Å²) in [4.78, 5) is 5.87. The smallest absolute Gasteiger partial charge is 0.0797 e. The molecule has 0 aliphatic heterocycles. The molecule has 3 heteroatoms. The summed E-state index contributed by atoms with van der Waals surface area (Å²) >= 11 is 1.82. The molecule has 2 nitrogen and oxygen atoms in total. The van der Waals surface area contributed by atoms with Gasteiger partial charge in [-0.2, -0.15) is 0 Å². The van der Waals surface area contributed by atoms with Gasteiger partial charge in [-0.3, -0.25) is 0 Å². The van der Waals surface area contributed by atoms with Crippen molar-refractivity contribution in [3.8, 4) is 0 Å². The van der Waals surface area contributed by atoms with Crippen LogP contribution in [0.5, 0.6) is 0 Å². The van der Waals surface area contributed by atoms with Crippen LogP contribution in [0, 0.1) is 18.3 Å². The van der Waals surface area contributed by atoms with Crippen LogP contribution in [0.3, 0.4) is 0 Å². The molecular weight excluding hydrogens is 276 g/mol. The first-order valence-electron chi connectivity index (χ1n) is 8.62. The Kier molecular flexibility index (Phi) is 8.50. The maximum absolute atomic E-state index is 4.39. The van der Waals surface area contributed by atoms with Crippen LogP contribution < -0.4 is 5.32 Å². The lowest BCUT2D eigenvalue weighted by Gasteiger charge is -2.34. The van der Waals surface area contributed by atoms with Crippen LogP contribution in [-0.2, 0) is 6.42 Å². The van der Waals surface area contributed by atoms with E-state index in [0.717, 1.165) is 12.5 Å². The third-order valence-electron chi connectivity index (χ3n) is 4.59. The summed E-state index contributed by atoms with van der Waals surface area (Å²) in [7, 11) is 0. The van der Waals surface area contributed by atoms with Crippen molar-refractivity contribution in [1.82, 2.24) is 10.3 Å². The second-order valence-corrected chi connectivity index (χ2v) is 7.78. The molecule has 1 heterocycles. The lowest BCUT2D eigenvalue weighted by molar-refractivity contribution is 0.210. The Morgan fingerprint density at radius 3 is 2.57 bits per heavy atom. The molecule has 0 saturated heterocycles. The molecule has 122 valence electrons. The van der Waals surface area contributed by atoms with Crippen LogP contribution in [0.1, 0.15) is 70.4 Å². The maximum atomic E-state index is 4.39. The second-order valence-electron chi connectivity index (χ2n) is 6.84. The molecule has 0 aliphatic rings. The largest absolute Gasteiger partial charge is 0.316 e. The lowest BCUT2D eigenvalue weighted by Crippen LogP contribution is -2.36. The molecule has 0 saturated carbocycles. The number of aromatic nitrogens is 1. The molecule has 0 fully saturated rings. The van der Waals surface area contributed by atoms with Gasteiger partial charge in [-0.1, -0.05) is 40.5 Å². The van der Waals surface area contributed by atoms with Crippen molar-refractivity contribution in [2.24, 2.45) is 11.3 Å². The summed E-state index contributed by atoms with van der Waals surface area (Å²) in [6, 6.07) is 0. The molecule has 0 radical (unpaired) electrons. The lowest BCUT2D eigenvalue weighted by atomic mass is 9.76. The molecule has 1 aromatic rings. The maximum Gasteiger partial charge on any atom is 0.0797 e. The monoisotopic (exact) mass is 310 g/mol. The normalized spacial score (nSPS) is 14.6. The van der Waals surface area contributed by atoms with Gasteiger partial charge in [0.1, 0.15) is 0 Å². The molecular formula is C18H34N2S. The van der Waals surface area contributed by atoms with Crippen LogP contribution in [-0.4, -0.2) is 18.1 Å². The van der Waals surface area contributed by atoms with Gasteiger partial charge in [0.15, 0.2) is 0 Å². The van der Waals surface area contributed by atoms with E-state index < -0.39 is 0 Å². The van der Waals surface area contributed by atoms with Gasteiger partial charge in [0.25, 0.3) is 0 Å². The molecule has 1 rings (SSSR count). The number of unbranched alkanes of at least 4 members (excludes halogenated alkanes) is 1. The van der Waals surface area contributed by atoms with E-state index in [0.29, 0.717) is 5.41 Å². The highest BCUT2D eigenvalue weighted by atomic mass is 32.1. The van der Waals surface area contributed by atoms with Gasteiger partial charge in [0.05, 0.1) is 11.2 Å². The van der Waals surface area contributed by atoms with E-state index in [4.69, 9.17) is 0 Å². The van der Waals surface area contributed by atoms with Crippen LogP contribution in [0.15, 0.2) is 5.51 Å². The summed E-state index contributed by atoms with van der Waals surface area (Å²) < 4.78 is 0. The summed E-state index contributed by atoms with van der Waals surface area (Å²) in [5, 5.41) is 3.72. The second kappa shape index (κ2) is 9.58. The fourth-order valence-electron chi connectivity index (χ4n) is 2.90. The zero-order valence-electron chi connectivity index (χ0n) is 14.7. The van der Waals surface area contributed by atoms with Crippen molar-refractivity contribution in [2.75, 3.05) is 13.1 Å². The fraction of sp³-hybridized carbons (Fsp3) is 0.833. The van der Waals surface area contributed by atoms with E-state index in [1.807, 2.05) is 16.8 Å². The number of aryl methyl sites for hydroxylation is 2. The molecule has 1 unspecified atom stereocenters. The topological polar surface area (TPSA) is 24.9 Å². The van der Waals surface area contributed by atoms with Crippen molar-refractivity contribution >= 4 is 11.3 Å². The molecule has 0 aliphatic carbocycles. The highest BCUT2D eigenvalue weighted by molar-refractivity contribution is 7.09. The van der Waals surface area contributed by atoms with Crippen molar-refractivity contribution in [3.63, 3.8) is 0 Å². The van der Waals surface area contributed by atoms with Crippen LogP contribution in [0.25, 0.3) is 0 Å². The molecule has 0 bridgehead atoms. The zero-order chi connectivity index (χ0) is 15.7. The Bertz CT molecular complexity index is 386. The Labute approximate surface area is 135 Å². The SMILES string of the molecule is CCCCC(CC)(CCc1scnc1C)CNCC(C)C. The van der Waals surface area contributed by atoms with Gasteiger partial charge in [-0.15, -0.1) is 11.3 Å². The number of nitrogens with one attached hydrogen (secondary N) is 1. The Balaban J connectivity index is 2.62. The predicted molar refractivity (Wildman–Crippen MR) is 95.1 cm³/mol. The first kappa shape index (κ1) is 18.6. The van der Waals surface area contributed by atoms with E-state index in [9.17, 15) is 0 Å². The van der Waals surface area contributed by atoms with E-state index in [1.165, 1.54) is 55.6 Å². The number of nitrogens with zero attached hydrogens (tertiary/aromatic N) is 1. The third kappa shape index (κ3) is 6.48. The van der Waals surface area contributed by atoms with Gasteiger partial charge in [-0.25, -0.2) is 4.98 Å². The van der Waals surface area contributed by atoms with Gasteiger partial charge >= 0.3 is 0 Å². The minimum atomic E-state index is 0.460. The van der Waals surface area contributed by atoms with Crippen LogP contribution in [0.4, 0.5) is 0 Å². The summed E-state index contributed by atoms with van der Waals surface area (Å²) in [5.74, 6) is 0.731. The zero-order valence-corrected chi connectivity index (χ0v) is 15.5. The summed E-state index contributed by atoms with van der Waals surface area (Å²) in [5.41, 5.74) is 3.68. The van der Waals surface area contributed by atoms with E-state index in [1.54, 1.807) is 0 Å². The quantitative estimate of drug-likeness (QED) is 0.606. The Morgan fingerprint density at radius 2 is 2.05 bits per heavy atom. The van der Waals surface area contributed by atoms with Crippen molar-refractivity contribution in [3.05, 3.63) is 16.1 Å².